The van der Waals surface area contributed by atoms with Crippen molar-refractivity contribution in [2.45, 2.75) is 13.0 Å². The molecular weight excluding hydrogens is 424 g/mol. The highest BCUT2D eigenvalue weighted by molar-refractivity contribution is 14.1. The maximum Gasteiger partial charge on any atom is 0.0500 e. The number of nitrogens with one attached hydrogen (secondary N) is 1. The Morgan fingerprint density at radius 2 is 1.83 bits per heavy atom. The SMILES string of the molecule is CC(Nc1ccc(I)cc1)c1ccc(Br)cc1Cl. The zero-order valence-corrected chi connectivity index (χ0v) is 14.3. The first-order valence-corrected chi connectivity index (χ1v) is 7.78. The summed E-state index contributed by atoms with van der Waals surface area (Å²) < 4.78 is 2.23. The molecule has 2 aromatic carbocycles. The minimum absolute atomic E-state index is 0.172. The quantitative estimate of drug-likeness (QED) is 0.593. The molecule has 0 bridgehead atoms. The van der Waals surface area contributed by atoms with E-state index in [1.54, 1.807) is 0 Å². The summed E-state index contributed by atoms with van der Waals surface area (Å²) in [6.07, 6.45) is 0. The maximum atomic E-state index is 6.24. The molecule has 4 heteroatoms. The van der Waals surface area contributed by atoms with Gasteiger partial charge in [-0.15, -0.1) is 0 Å². The molecule has 0 aliphatic rings. The second-order valence-electron chi connectivity index (χ2n) is 4.04. The van der Waals surface area contributed by atoms with Crippen molar-refractivity contribution in [3.8, 4) is 0 Å². The predicted octanol–water partition coefficient (Wildman–Crippen LogP) is 5.88. The average Bonchev–Trinajstić information content (AvgIpc) is 2.32. The minimum Gasteiger partial charge on any atom is -0.378 e. The summed E-state index contributed by atoms with van der Waals surface area (Å²) in [7, 11) is 0. The van der Waals surface area contributed by atoms with Gasteiger partial charge in [0.2, 0.25) is 0 Å². The lowest BCUT2D eigenvalue weighted by molar-refractivity contribution is 0.884. The third-order valence-electron chi connectivity index (χ3n) is 2.66. The van der Waals surface area contributed by atoms with Gasteiger partial charge in [-0.2, -0.15) is 0 Å². The maximum absolute atomic E-state index is 6.24. The molecule has 0 radical (unpaired) electrons. The summed E-state index contributed by atoms with van der Waals surface area (Å²) >= 11 is 12.0. The lowest BCUT2D eigenvalue weighted by Crippen LogP contribution is -2.07. The monoisotopic (exact) mass is 435 g/mol. The number of hydrogen-bond donors (Lipinski definition) is 1. The van der Waals surface area contributed by atoms with Crippen molar-refractivity contribution in [2.75, 3.05) is 5.32 Å². The van der Waals surface area contributed by atoms with Crippen LogP contribution < -0.4 is 5.32 Å². The first-order chi connectivity index (χ1) is 8.56. The van der Waals surface area contributed by atoms with E-state index in [1.807, 2.05) is 18.2 Å². The molecule has 0 aromatic heterocycles. The van der Waals surface area contributed by atoms with Gasteiger partial charge in [0.05, 0.1) is 0 Å². The Balaban J connectivity index is 2.16. The molecule has 0 fully saturated rings. The van der Waals surface area contributed by atoms with Gasteiger partial charge in [0.25, 0.3) is 0 Å². The number of halogens is 3. The van der Waals surface area contributed by atoms with Crippen LogP contribution in [0.2, 0.25) is 5.02 Å². The fourth-order valence-corrected chi connectivity index (χ4v) is 2.92. The molecule has 0 heterocycles. The van der Waals surface area contributed by atoms with Crippen LogP contribution >= 0.6 is 50.1 Å². The van der Waals surface area contributed by atoms with Crippen LogP contribution in [0.15, 0.2) is 46.9 Å². The molecule has 0 spiro atoms. The Hall–Kier alpha value is -0.260. The molecule has 2 rings (SSSR count). The van der Waals surface area contributed by atoms with Crippen molar-refractivity contribution < 1.29 is 0 Å². The van der Waals surface area contributed by atoms with E-state index >= 15 is 0 Å². The number of rotatable bonds is 3. The first kappa shape index (κ1) is 14.2. The molecule has 18 heavy (non-hydrogen) atoms. The zero-order valence-electron chi connectivity index (χ0n) is 9.75. The van der Waals surface area contributed by atoms with Gasteiger partial charge in [-0.1, -0.05) is 33.6 Å². The van der Waals surface area contributed by atoms with Crippen molar-refractivity contribution >= 4 is 55.8 Å². The number of anilines is 1. The molecule has 0 saturated heterocycles. The second kappa shape index (κ2) is 6.26. The van der Waals surface area contributed by atoms with Crippen molar-refractivity contribution in [1.82, 2.24) is 0 Å². The first-order valence-electron chi connectivity index (χ1n) is 5.53. The van der Waals surface area contributed by atoms with E-state index in [-0.39, 0.29) is 6.04 Å². The van der Waals surface area contributed by atoms with E-state index in [4.69, 9.17) is 11.6 Å². The predicted molar refractivity (Wildman–Crippen MR) is 90.3 cm³/mol. The van der Waals surface area contributed by atoms with Gasteiger partial charge < -0.3 is 5.32 Å². The van der Waals surface area contributed by atoms with E-state index in [1.165, 1.54) is 3.57 Å². The van der Waals surface area contributed by atoms with Crippen LogP contribution in [-0.2, 0) is 0 Å². The normalized spacial score (nSPS) is 12.2. The number of hydrogen-bond acceptors (Lipinski definition) is 1. The fourth-order valence-electron chi connectivity index (χ4n) is 1.73. The molecule has 1 nitrogen and oxygen atoms in total. The van der Waals surface area contributed by atoms with Crippen LogP contribution in [0.5, 0.6) is 0 Å². The molecule has 1 unspecified atom stereocenters. The Bertz CT molecular complexity index is 542. The number of benzene rings is 2. The summed E-state index contributed by atoms with van der Waals surface area (Å²) in [4.78, 5) is 0. The molecule has 1 N–H and O–H groups in total. The Morgan fingerprint density at radius 1 is 1.17 bits per heavy atom. The van der Waals surface area contributed by atoms with Crippen molar-refractivity contribution in [1.29, 1.82) is 0 Å². The van der Waals surface area contributed by atoms with Gasteiger partial charge >= 0.3 is 0 Å². The van der Waals surface area contributed by atoms with Gasteiger partial charge in [-0.3, -0.25) is 0 Å². The molecule has 0 amide bonds. The van der Waals surface area contributed by atoms with Gasteiger partial charge in [0.15, 0.2) is 0 Å². The van der Waals surface area contributed by atoms with Crippen LogP contribution in [-0.4, -0.2) is 0 Å². The Kier molecular flexibility index (Phi) is 4.92. The topological polar surface area (TPSA) is 12.0 Å². The van der Waals surface area contributed by atoms with Gasteiger partial charge in [-0.25, -0.2) is 0 Å². The van der Waals surface area contributed by atoms with E-state index in [2.05, 4.69) is 75.0 Å². The van der Waals surface area contributed by atoms with Crippen LogP contribution in [0.3, 0.4) is 0 Å². The molecule has 2 aromatic rings. The molecule has 1 atom stereocenters. The summed E-state index contributed by atoms with van der Waals surface area (Å²) in [5.41, 5.74) is 2.19. The average molecular weight is 437 g/mol. The highest BCUT2D eigenvalue weighted by Gasteiger charge is 2.09. The molecule has 0 aliphatic heterocycles. The van der Waals surface area contributed by atoms with E-state index in [9.17, 15) is 0 Å². The van der Waals surface area contributed by atoms with Gasteiger partial charge in [-0.05, 0) is 71.5 Å². The highest BCUT2D eigenvalue weighted by Crippen LogP contribution is 2.28. The van der Waals surface area contributed by atoms with Crippen LogP contribution in [0.25, 0.3) is 0 Å². The molecule has 0 aliphatic carbocycles. The fraction of sp³-hybridized carbons (Fsp3) is 0.143. The molecular formula is C14H12BrClIN. The zero-order chi connectivity index (χ0) is 13.1. The van der Waals surface area contributed by atoms with E-state index in [0.29, 0.717) is 0 Å². The molecule has 0 saturated carbocycles. The third kappa shape index (κ3) is 3.62. The smallest absolute Gasteiger partial charge is 0.0500 e. The summed E-state index contributed by atoms with van der Waals surface area (Å²) in [6, 6.07) is 14.5. The van der Waals surface area contributed by atoms with Crippen molar-refractivity contribution in [2.24, 2.45) is 0 Å². The Morgan fingerprint density at radius 3 is 2.44 bits per heavy atom. The minimum atomic E-state index is 0.172. The largest absolute Gasteiger partial charge is 0.378 e. The lowest BCUT2D eigenvalue weighted by atomic mass is 10.1. The van der Waals surface area contributed by atoms with Gasteiger partial charge in [0, 0.05) is 24.8 Å². The van der Waals surface area contributed by atoms with Crippen molar-refractivity contribution in [3.05, 3.63) is 61.1 Å². The lowest BCUT2D eigenvalue weighted by Gasteiger charge is -2.17. The van der Waals surface area contributed by atoms with Crippen LogP contribution in [0.4, 0.5) is 5.69 Å². The standard InChI is InChI=1S/C14H12BrClIN/c1-9(13-7-2-10(15)8-14(13)16)18-12-5-3-11(17)4-6-12/h2-9,18H,1H3. The summed E-state index contributed by atoms with van der Waals surface area (Å²) in [5.74, 6) is 0. The highest BCUT2D eigenvalue weighted by atomic mass is 127. The van der Waals surface area contributed by atoms with E-state index < -0.39 is 0 Å². The van der Waals surface area contributed by atoms with Crippen molar-refractivity contribution in [3.63, 3.8) is 0 Å². The van der Waals surface area contributed by atoms with Crippen LogP contribution in [0, 0.1) is 3.57 Å². The third-order valence-corrected chi connectivity index (χ3v) is 4.20. The van der Waals surface area contributed by atoms with E-state index in [0.717, 1.165) is 20.7 Å². The summed E-state index contributed by atoms with van der Waals surface area (Å²) in [5, 5.41) is 4.22. The summed E-state index contributed by atoms with van der Waals surface area (Å²) in [6.45, 7) is 2.10. The Labute approximate surface area is 134 Å². The van der Waals surface area contributed by atoms with Crippen LogP contribution in [0.1, 0.15) is 18.5 Å². The second-order valence-corrected chi connectivity index (χ2v) is 6.61. The molecule has 94 valence electrons. The van der Waals surface area contributed by atoms with Gasteiger partial charge in [0.1, 0.15) is 0 Å².